The van der Waals surface area contributed by atoms with Gasteiger partial charge in [0.2, 0.25) is 0 Å². The number of benzene rings is 1. The highest BCUT2D eigenvalue weighted by Gasteiger charge is 2.25. The molecule has 5 heteroatoms. The Morgan fingerprint density at radius 3 is 2.57 bits per heavy atom. The van der Waals surface area contributed by atoms with E-state index >= 15 is 0 Å². The van der Waals surface area contributed by atoms with E-state index in [0.29, 0.717) is 18.6 Å². The minimum atomic E-state index is -0.419. The number of ketones is 1. The first-order valence-corrected chi connectivity index (χ1v) is 7.68. The SMILES string of the molecule is COC(=O)CC/C(O)=C1\C(=O)CCCC1=Nc1ccc(C)cc1. The van der Waals surface area contributed by atoms with Gasteiger partial charge in [-0.15, -0.1) is 0 Å². The van der Waals surface area contributed by atoms with Crippen LogP contribution in [0.1, 0.15) is 37.7 Å². The van der Waals surface area contributed by atoms with Crippen LogP contribution in [-0.2, 0) is 14.3 Å². The van der Waals surface area contributed by atoms with E-state index in [9.17, 15) is 14.7 Å². The van der Waals surface area contributed by atoms with Gasteiger partial charge in [-0.2, -0.15) is 0 Å². The summed E-state index contributed by atoms with van der Waals surface area (Å²) >= 11 is 0. The van der Waals surface area contributed by atoms with E-state index in [1.54, 1.807) is 0 Å². The largest absolute Gasteiger partial charge is 0.511 e. The van der Waals surface area contributed by atoms with Crippen LogP contribution in [0, 0.1) is 6.92 Å². The van der Waals surface area contributed by atoms with Crippen LogP contribution in [0.25, 0.3) is 0 Å². The molecule has 1 N–H and O–H groups in total. The zero-order valence-corrected chi connectivity index (χ0v) is 13.5. The topological polar surface area (TPSA) is 76.0 Å². The van der Waals surface area contributed by atoms with Gasteiger partial charge in [-0.25, -0.2) is 0 Å². The molecule has 1 aliphatic carbocycles. The van der Waals surface area contributed by atoms with E-state index in [2.05, 4.69) is 9.73 Å². The van der Waals surface area contributed by atoms with Crippen molar-refractivity contribution in [3.8, 4) is 0 Å². The summed E-state index contributed by atoms with van der Waals surface area (Å²) in [6.45, 7) is 1.99. The number of carbonyl (C=O) groups is 2. The molecule has 0 aliphatic heterocycles. The molecule has 1 aromatic carbocycles. The van der Waals surface area contributed by atoms with Gasteiger partial charge in [-0.1, -0.05) is 17.7 Å². The van der Waals surface area contributed by atoms with E-state index in [-0.39, 0.29) is 30.0 Å². The second kappa shape index (κ2) is 7.72. The number of nitrogens with zero attached hydrogens (tertiary/aromatic N) is 1. The highest BCUT2D eigenvalue weighted by atomic mass is 16.5. The molecule has 5 nitrogen and oxygen atoms in total. The summed E-state index contributed by atoms with van der Waals surface area (Å²) < 4.78 is 4.56. The molecule has 0 aromatic heterocycles. The Hall–Kier alpha value is -2.43. The maximum absolute atomic E-state index is 12.2. The van der Waals surface area contributed by atoms with Gasteiger partial charge >= 0.3 is 5.97 Å². The van der Waals surface area contributed by atoms with E-state index < -0.39 is 5.97 Å². The number of ether oxygens (including phenoxy) is 1. The Kier molecular flexibility index (Phi) is 5.68. The average Bonchev–Trinajstić information content (AvgIpc) is 2.54. The van der Waals surface area contributed by atoms with Crippen molar-refractivity contribution in [3.05, 3.63) is 41.2 Å². The van der Waals surface area contributed by atoms with E-state index in [1.165, 1.54) is 7.11 Å². The highest BCUT2D eigenvalue weighted by molar-refractivity contribution is 6.24. The third-order valence-corrected chi connectivity index (χ3v) is 3.77. The van der Waals surface area contributed by atoms with Crippen molar-refractivity contribution >= 4 is 23.2 Å². The molecule has 0 unspecified atom stereocenters. The van der Waals surface area contributed by atoms with Crippen LogP contribution in [0.2, 0.25) is 0 Å². The first kappa shape index (κ1) is 16.9. The molecule has 0 bridgehead atoms. The lowest BCUT2D eigenvalue weighted by Crippen LogP contribution is -2.21. The monoisotopic (exact) mass is 315 g/mol. The van der Waals surface area contributed by atoms with Crippen molar-refractivity contribution in [2.24, 2.45) is 4.99 Å². The van der Waals surface area contributed by atoms with Gasteiger partial charge < -0.3 is 9.84 Å². The molecule has 23 heavy (non-hydrogen) atoms. The van der Waals surface area contributed by atoms with E-state index in [4.69, 9.17) is 0 Å². The lowest BCUT2D eigenvalue weighted by Gasteiger charge is -2.17. The zero-order chi connectivity index (χ0) is 16.8. The summed E-state index contributed by atoms with van der Waals surface area (Å²) in [6.07, 6.45) is 1.87. The summed E-state index contributed by atoms with van der Waals surface area (Å²) in [5.74, 6) is -0.618. The van der Waals surface area contributed by atoms with Gasteiger partial charge in [0.15, 0.2) is 5.78 Å². The smallest absolute Gasteiger partial charge is 0.305 e. The fourth-order valence-corrected chi connectivity index (χ4v) is 2.49. The van der Waals surface area contributed by atoms with Gasteiger partial charge in [-0.3, -0.25) is 14.6 Å². The number of methoxy groups -OCH3 is 1. The number of allylic oxidation sites excluding steroid dienone is 2. The number of hydrogen-bond acceptors (Lipinski definition) is 5. The van der Waals surface area contributed by atoms with Crippen molar-refractivity contribution < 1.29 is 19.4 Å². The second-order valence-corrected chi connectivity index (χ2v) is 5.57. The lowest BCUT2D eigenvalue weighted by molar-refractivity contribution is -0.140. The quantitative estimate of drug-likeness (QED) is 0.523. The van der Waals surface area contributed by atoms with Crippen molar-refractivity contribution in [3.63, 3.8) is 0 Å². The molecule has 2 rings (SSSR count). The third-order valence-electron chi connectivity index (χ3n) is 3.77. The standard InChI is InChI=1S/C18H21NO4/c1-12-6-8-13(9-7-12)19-14-4-3-5-15(20)18(14)16(21)10-11-17(22)23-2/h6-9,21H,3-5,10-11H2,1-2H3/b18-16+,19-14?. The molecule has 1 aromatic rings. The molecule has 0 spiro atoms. The Morgan fingerprint density at radius 1 is 1.22 bits per heavy atom. The minimum absolute atomic E-state index is 0.0386. The second-order valence-electron chi connectivity index (χ2n) is 5.57. The highest BCUT2D eigenvalue weighted by Crippen LogP contribution is 2.25. The first-order chi connectivity index (χ1) is 11.0. The molecular weight excluding hydrogens is 294 g/mol. The number of aliphatic hydroxyl groups is 1. The van der Waals surface area contributed by atoms with Gasteiger partial charge in [0.25, 0.3) is 0 Å². The Balaban J connectivity index is 2.29. The molecule has 0 saturated heterocycles. The Morgan fingerprint density at radius 2 is 1.91 bits per heavy atom. The summed E-state index contributed by atoms with van der Waals surface area (Å²) in [7, 11) is 1.29. The van der Waals surface area contributed by atoms with E-state index in [0.717, 1.165) is 17.7 Å². The number of carbonyl (C=O) groups excluding carboxylic acids is 2. The molecule has 0 amide bonds. The normalized spacial score (nSPS) is 18.9. The average molecular weight is 315 g/mol. The predicted octanol–water partition coefficient (Wildman–Crippen LogP) is 3.59. The Labute approximate surface area is 135 Å². The molecule has 1 aliphatic rings. The molecule has 0 atom stereocenters. The van der Waals surface area contributed by atoms with Crippen LogP contribution < -0.4 is 0 Å². The number of esters is 1. The molecule has 1 saturated carbocycles. The van der Waals surface area contributed by atoms with Crippen molar-refractivity contribution in [2.45, 2.75) is 39.0 Å². The number of hydrogen-bond donors (Lipinski definition) is 1. The molecule has 122 valence electrons. The number of aryl methyl sites for hydroxylation is 1. The van der Waals surface area contributed by atoms with Crippen molar-refractivity contribution in [2.75, 3.05) is 7.11 Å². The fraction of sp³-hybridized carbons (Fsp3) is 0.389. The maximum atomic E-state index is 12.2. The zero-order valence-electron chi connectivity index (χ0n) is 13.5. The summed E-state index contributed by atoms with van der Waals surface area (Å²) in [5, 5.41) is 10.3. The molecule has 0 radical (unpaired) electrons. The Bertz CT molecular complexity index is 656. The van der Waals surface area contributed by atoms with Crippen molar-refractivity contribution in [1.29, 1.82) is 0 Å². The van der Waals surface area contributed by atoms with Crippen LogP contribution in [-0.4, -0.2) is 29.7 Å². The number of aliphatic hydroxyl groups excluding tert-OH is 1. The fourth-order valence-electron chi connectivity index (χ4n) is 2.49. The van der Waals surface area contributed by atoms with Crippen molar-refractivity contribution in [1.82, 2.24) is 0 Å². The van der Waals surface area contributed by atoms with Gasteiger partial charge in [0.05, 0.1) is 30.5 Å². The maximum Gasteiger partial charge on any atom is 0.305 e. The number of aliphatic imine (C=N–C) groups is 1. The van der Waals surface area contributed by atoms with Crippen LogP contribution in [0.5, 0.6) is 0 Å². The van der Waals surface area contributed by atoms with E-state index in [1.807, 2.05) is 31.2 Å². The lowest BCUT2D eigenvalue weighted by atomic mass is 9.89. The third kappa shape index (κ3) is 4.52. The first-order valence-electron chi connectivity index (χ1n) is 7.68. The van der Waals surface area contributed by atoms with Gasteiger partial charge in [0.1, 0.15) is 5.76 Å². The summed E-state index contributed by atoms with van der Waals surface area (Å²) in [5.41, 5.74) is 2.73. The number of Topliss-reactive ketones (excluding diaryl/α,β-unsaturated/α-hetero) is 1. The summed E-state index contributed by atoms with van der Waals surface area (Å²) in [6, 6.07) is 7.66. The molecular formula is C18H21NO4. The predicted molar refractivity (Wildman–Crippen MR) is 88.0 cm³/mol. The molecule has 0 heterocycles. The summed E-state index contributed by atoms with van der Waals surface area (Å²) in [4.78, 5) is 27.9. The molecule has 1 fully saturated rings. The van der Waals surface area contributed by atoms with Crippen LogP contribution in [0.15, 0.2) is 40.6 Å². The van der Waals surface area contributed by atoms with Crippen LogP contribution >= 0.6 is 0 Å². The van der Waals surface area contributed by atoms with Crippen LogP contribution in [0.3, 0.4) is 0 Å². The van der Waals surface area contributed by atoms with Gasteiger partial charge in [0, 0.05) is 12.8 Å². The minimum Gasteiger partial charge on any atom is -0.511 e. The number of rotatable bonds is 4. The van der Waals surface area contributed by atoms with Crippen LogP contribution in [0.4, 0.5) is 5.69 Å². The van der Waals surface area contributed by atoms with Gasteiger partial charge in [-0.05, 0) is 31.9 Å².